The van der Waals surface area contributed by atoms with Crippen LogP contribution in [0.25, 0.3) is 0 Å². The summed E-state index contributed by atoms with van der Waals surface area (Å²) in [6.45, 7) is 5.79. The van der Waals surface area contributed by atoms with Crippen LogP contribution in [0.15, 0.2) is 0 Å². The average Bonchev–Trinajstić information content (AvgIpc) is 2.58. The van der Waals surface area contributed by atoms with E-state index in [1.807, 2.05) is 0 Å². The number of nitrogens with one attached hydrogen (secondary N) is 3. The smallest absolute Gasteiger partial charge is 0.343 e. The molecule has 3 N–H and O–H groups in total. The van der Waals surface area contributed by atoms with Crippen molar-refractivity contribution in [2.75, 3.05) is 7.11 Å². The number of amides is 4. The van der Waals surface area contributed by atoms with Gasteiger partial charge in [-0.15, -0.1) is 0 Å². The van der Waals surface area contributed by atoms with E-state index in [-0.39, 0.29) is 6.04 Å². The zero-order chi connectivity index (χ0) is 18.8. The van der Waals surface area contributed by atoms with Gasteiger partial charge >= 0.3 is 18.1 Å². The Kier molecular flexibility index (Phi) is 9.70. The molecular weight excluding hydrogens is 340 g/mol. The number of amidine groups is 1. The molecule has 0 saturated heterocycles. The molecular formula is C17H32N4O3S. The Labute approximate surface area is 155 Å². The van der Waals surface area contributed by atoms with E-state index in [2.05, 4.69) is 17.0 Å². The Morgan fingerprint density at radius 2 is 1.88 bits per heavy atom. The fourth-order valence-corrected chi connectivity index (χ4v) is 3.76. The minimum absolute atomic E-state index is 0.140. The normalized spacial score (nSPS) is 20.0. The van der Waals surface area contributed by atoms with Crippen LogP contribution in [0, 0.1) is 11.3 Å². The molecule has 4 amide bonds. The summed E-state index contributed by atoms with van der Waals surface area (Å²) in [6.07, 6.45) is 8.35. The monoisotopic (exact) mass is 372 g/mol. The number of rotatable bonds is 6. The molecule has 7 nitrogen and oxygen atoms in total. The number of carbonyl (C=O) groups excluding carboxylic acids is 2. The first-order valence-electron chi connectivity index (χ1n) is 9.07. The van der Waals surface area contributed by atoms with Crippen molar-refractivity contribution in [2.45, 2.75) is 77.0 Å². The van der Waals surface area contributed by atoms with E-state index < -0.39 is 18.1 Å². The Balaban J connectivity index is 2.47. The highest BCUT2D eigenvalue weighted by atomic mass is 32.2. The van der Waals surface area contributed by atoms with Crippen LogP contribution in [0.1, 0.15) is 65.7 Å². The predicted octanol–water partition coefficient (Wildman–Crippen LogP) is 4.09. The lowest BCUT2D eigenvalue weighted by Crippen LogP contribution is -2.52. The number of hydrogen-bond acceptors (Lipinski definition) is 5. The third kappa shape index (κ3) is 7.54. The molecule has 1 saturated carbocycles. The fraction of sp³-hybridized carbons (Fsp3) is 0.824. The van der Waals surface area contributed by atoms with Crippen LogP contribution in [0.2, 0.25) is 0 Å². The summed E-state index contributed by atoms with van der Waals surface area (Å²) in [4.78, 5) is 25.1. The minimum Gasteiger partial charge on any atom is -0.468 e. The summed E-state index contributed by atoms with van der Waals surface area (Å²) in [7, 11) is 1.26. The third-order valence-electron chi connectivity index (χ3n) is 4.29. The van der Waals surface area contributed by atoms with Crippen LogP contribution in [0.4, 0.5) is 9.59 Å². The number of carbonyl (C=O) groups is 2. The summed E-state index contributed by atoms with van der Waals surface area (Å²) in [6, 6.07) is -1.95. The van der Waals surface area contributed by atoms with Crippen molar-refractivity contribution in [1.29, 1.82) is 5.41 Å². The SMILES string of the molecule is CCCCC1CCC(SNC(=O)N(C(=N)OC)C(=O)NC(C)C)CC1. The molecule has 0 aromatic rings. The molecule has 1 aliphatic rings. The van der Waals surface area contributed by atoms with Gasteiger partial charge in [0.05, 0.1) is 7.11 Å². The van der Waals surface area contributed by atoms with Crippen molar-refractivity contribution in [3.8, 4) is 0 Å². The molecule has 0 aromatic heterocycles. The molecule has 0 radical (unpaired) electrons. The number of imide groups is 1. The molecule has 25 heavy (non-hydrogen) atoms. The van der Waals surface area contributed by atoms with E-state index >= 15 is 0 Å². The second kappa shape index (κ2) is 11.2. The van der Waals surface area contributed by atoms with Crippen molar-refractivity contribution in [3.63, 3.8) is 0 Å². The van der Waals surface area contributed by atoms with E-state index in [9.17, 15) is 9.59 Å². The number of hydrogen-bond donors (Lipinski definition) is 3. The second-order valence-corrected chi connectivity index (χ2v) is 7.87. The predicted molar refractivity (Wildman–Crippen MR) is 102 cm³/mol. The zero-order valence-corrected chi connectivity index (χ0v) is 16.6. The molecule has 1 rings (SSSR count). The number of unbranched alkanes of at least 4 members (excludes halogenated alkanes) is 1. The van der Waals surface area contributed by atoms with Gasteiger partial charge in [0.2, 0.25) is 0 Å². The molecule has 144 valence electrons. The lowest BCUT2D eigenvalue weighted by atomic mass is 9.85. The lowest BCUT2D eigenvalue weighted by Gasteiger charge is -2.28. The van der Waals surface area contributed by atoms with Crippen LogP contribution >= 0.6 is 11.9 Å². The maximum atomic E-state index is 12.3. The summed E-state index contributed by atoms with van der Waals surface area (Å²) >= 11 is 1.35. The molecule has 0 bridgehead atoms. The number of ether oxygens (including phenoxy) is 1. The lowest BCUT2D eigenvalue weighted by molar-refractivity contribution is 0.196. The number of urea groups is 2. The third-order valence-corrected chi connectivity index (χ3v) is 5.38. The maximum absolute atomic E-state index is 12.3. The molecule has 0 heterocycles. The van der Waals surface area contributed by atoms with Gasteiger partial charge in [-0.05, 0) is 57.4 Å². The first kappa shape index (κ1) is 21.6. The first-order valence-corrected chi connectivity index (χ1v) is 9.95. The number of methoxy groups -OCH3 is 1. The van der Waals surface area contributed by atoms with Gasteiger partial charge in [-0.1, -0.05) is 26.2 Å². The Morgan fingerprint density at radius 3 is 2.40 bits per heavy atom. The Hall–Kier alpha value is -1.44. The highest BCUT2D eigenvalue weighted by Crippen LogP contribution is 2.33. The zero-order valence-electron chi connectivity index (χ0n) is 15.8. The van der Waals surface area contributed by atoms with Gasteiger partial charge in [0.1, 0.15) is 0 Å². The summed E-state index contributed by atoms with van der Waals surface area (Å²) in [5.41, 5.74) is 0. The summed E-state index contributed by atoms with van der Waals surface area (Å²) in [5, 5.41) is 10.6. The van der Waals surface area contributed by atoms with Gasteiger partial charge in [-0.3, -0.25) is 10.1 Å². The fourth-order valence-electron chi connectivity index (χ4n) is 2.89. The van der Waals surface area contributed by atoms with Gasteiger partial charge in [0.15, 0.2) is 0 Å². The molecule has 1 fully saturated rings. The van der Waals surface area contributed by atoms with Gasteiger partial charge < -0.3 is 10.1 Å². The van der Waals surface area contributed by atoms with Crippen LogP contribution in [0.5, 0.6) is 0 Å². The Morgan fingerprint density at radius 1 is 1.24 bits per heavy atom. The van der Waals surface area contributed by atoms with Gasteiger partial charge in [0.25, 0.3) is 0 Å². The van der Waals surface area contributed by atoms with Crippen molar-refractivity contribution in [1.82, 2.24) is 14.9 Å². The van der Waals surface area contributed by atoms with Crippen LogP contribution in [-0.2, 0) is 4.74 Å². The minimum atomic E-state index is -0.664. The summed E-state index contributed by atoms with van der Waals surface area (Å²) in [5.74, 6) is 0.808. The average molecular weight is 373 g/mol. The summed E-state index contributed by atoms with van der Waals surface area (Å²) < 4.78 is 7.46. The molecule has 0 aromatic carbocycles. The van der Waals surface area contributed by atoms with E-state index in [0.717, 1.165) is 18.8 Å². The van der Waals surface area contributed by atoms with E-state index in [1.165, 1.54) is 51.2 Å². The molecule has 0 spiro atoms. The largest absolute Gasteiger partial charge is 0.468 e. The highest BCUT2D eigenvalue weighted by molar-refractivity contribution is 7.98. The van der Waals surface area contributed by atoms with Crippen molar-refractivity contribution in [3.05, 3.63) is 0 Å². The van der Waals surface area contributed by atoms with Crippen LogP contribution in [-0.4, -0.2) is 41.4 Å². The van der Waals surface area contributed by atoms with Crippen molar-refractivity contribution >= 4 is 30.0 Å². The second-order valence-electron chi connectivity index (χ2n) is 6.76. The van der Waals surface area contributed by atoms with Gasteiger partial charge in [-0.25, -0.2) is 9.59 Å². The standard InChI is InChI=1S/C17H32N4O3S/c1-5-6-7-13-8-10-14(11-9-13)25-20-17(23)21(15(18)24-4)16(22)19-12(2)3/h12-14,18H,5-11H2,1-4H3,(H,19,22)(H,20,23). The quantitative estimate of drug-likeness (QED) is 0.372. The molecule has 8 heteroatoms. The molecule has 0 aliphatic heterocycles. The molecule has 0 atom stereocenters. The topological polar surface area (TPSA) is 94.5 Å². The molecule has 1 aliphatic carbocycles. The van der Waals surface area contributed by atoms with E-state index in [1.54, 1.807) is 13.8 Å². The van der Waals surface area contributed by atoms with E-state index in [0.29, 0.717) is 10.1 Å². The van der Waals surface area contributed by atoms with Crippen molar-refractivity contribution in [2.24, 2.45) is 5.92 Å². The van der Waals surface area contributed by atoms with Crippen LogP contribution in [0.3, 0.4) is 0 Å². The van der Waals surface area contributed by atoms with Gasteiger partial charge in [-0.2, -0.15) is 4.90 Å². The maximum Gasteiger partial charge on any atom is 0.343 e. The Bertz CT molecular complexity index is 451. The van der Waals surface area contributed by atoms with Crippen molar-refractivity contribution < 1.29 is 14.3 Å². The molecule has 0 unspecified atom stereocenters. The van der Waals surface area contributed by atoms with Gasteiger partial charge in [0, 0.05) is 11.3 Å². The van der Waals surface area contributed by atoms with Crippen LogP contribution < -0.4 is 10.0 Å². The number of nitrogens with zero attached hydrogens (tertiary/aromatic N) is 1. The van der Waals surface area contributed by atoms with E-state index in [4.69, 9.17) is 10.1 Å². The highest BCUT2D eigenvalue weighted by Gasteiger charge is 2.29. The first-order chi connectivity index (χ1) is 11.9.